The molecule has 0 bridgehead atoms. The molecule has 600 valence electrons. The Morgan fingerprint density at radius 1 is 0.304 bits per heavy atom. The first kappa shape index (κ1) is 91.3. The van der Waals surface area contributed by atoms with Crippen LogP contribution in [-0.4, -0.2) is 32.5 Å². The number of benzene rings is 9. The lowest BCUT2D eigenvalue weighted by molar-refractivity contribution is -0.372. The van der Waals surface area contributed by atoms with Crippen LogP contribution >= 0.6 is 14.5 Å². The Bertz CT molecular complexity index is 3510. The predicted molar refractivity (Wildman–Crippen MR) is 453 cm³/mol. The maximum atomic E-state index is 12.9. The van der Waals surface area contributed by atoms with Crippen LogP contribution in [0.2, 0.25) is 0 Å². The second-order valence-corrected chi connectivity index (χ2v) is 36.3. The first-order valence-electron chi connectivity index (χ1n) is 41.4. The van der Waals surface area contributed by atoms with Gasteiger partial charge in [-0.15, -0.1) is 0 Å². The second-order valence-electron chi connectivity index (χ2n) is 29.4. The summed E-state index contributed by atoms with van der Waals surface area (Å²) in [5, 5.41) is 28.3. The van der Waals surface area contributed by atoms with Crippen molar-refractivity contribution in [2.75, 3.05) is 13.2 Å². The molecule has 9 aromatic carbocycles. The van der Waals surface area contributed by atoms with Crippen molar-refractivity contribution in [3.8, 4) is 5.75 Å². The van der Waals surface area contributed by atoms with Gasteiger partial charge in [-0.1, -0.05) is 340 Å². The van der Waals surface area contributed by atoms with Crippen molar-refractivity contribution in [2.24, 2.45) is 0 Å². The normalized spacial score (nSPS) is 11.6. The molecule has 0 radical (unpaired) electrons. The summed E-state index contributed by atoms with van der Waals surface area (Å²) in [5.74, 6) is -1.51. The van der Waals surface area contributed by atoms with Gasteiger partial charge in [0.05, 0.1) is 53.5 Å². The number of alkyl halides is 6. The van der Waals surface area contributed by atoms with Gasteiger partial charge in [0.1, 0.15) is 53.7 Å². The van der Waals surface area contributed by atoms with E-state index in [1.54, 1.807) is 0 Å². The number of carbonyl (C=O) groups excluding carboxylic acids is 2. The van der Waals surface area contributed by atoms with Crippen molar-refractivity contribution in [3.63, 3.8) is 0 Å². The second kappa shape index (κ2) is 51.8. The molecule has 112 heavy (non-hydrogen) atoms. The van der Waals surface area contributed by atoms with E-state index < -0.39 is 51.1 Å². The highest BCUT2D eigenvalue weighted by Crippen LogP contribution is 2.59. The highest BCUT2D eigenvalue weighted by molar-refractivity contribution is 7.95. The summed E-state index contributed by atoms with van der Waals surface area (Å²) < 4.78 is 88.9. The highest BCUT2D eigenvalue weighted by atomic mass is 31.2. The van der Waals surface area contributed by atoms with Gasteiger partial charge >= 0.3 is 24.3 Å². The molecule has 9 aromatic rings. The maximum Gasteiger partial charge on any atom is 0.416 e. The van der Waals surface area contributed by atoms with Gasteiger partial charge in [-0.05, 0) is 139 Å². The van der Waals surface area contributed by atoms with Crippen molar-refractivity contribution in [1.82, 2.24) is 0 Å². The number of carbonyl (C=O) groups is 2. The van der Waals surface area contributed by atoms with Crippen molar-refractivity contribution < 1.29 is 60.1 Å². The van der Waals surface area contributed by atoms with E-state index in [9.17, 15) is 46.0 Å². The fraction of sp³-hybridized carbons (Fsp3) is 0.417. The molecule has 16 heteroatoms. The average molecular weight is 1570 g/mol. The molecule has 0 spiro atoms. The van der Waals surface area contributed by atoms with Crippen molar-refractivity contribution in [3.05, 3.63) is 282 Å². The summed E-state index contributed by atoms with van der Waals surface area (Å²) in [5.41, 5.74) is 0.399. The zero-order valence-electron chi connectivity index (χ0n) is 66.2. The molecule has 0 unspecified atom stereocenters. The SMILES string of the molecule is CCCCCCCCCCCCCCCCCCOC(=O)c1ccc(C[P+](c2ccccc2)(c2ccccc2)c2ccccc2)cc1.CCCCCCCCCCCCCCCCCCOC(=O)c1ccc(C[P+](c2ccccc2)(c2ccccc2)c2ccccc2)cc1.[O-]B([O-])Oc1cc(C(F)(F)F)cc(C(F)(F)F)c1. The monoisotopic (exact) mass is 1570 g/mol. The number of esters is 2. The molecule has 0 saturated carbocycles. The number of rotatable bonds is 48. The third-order valence-corrected chi connectivity index (χ3v) is 29.4. The van der Waals surface area contributed by atoms with Crippen LogP contribution in [0.15, 0.2) is 249 Å². The average Bonchev–Trinajstić information content (AvgIpc) is 0.778. The third-order valence-electron chi connectivity index (χ3n) is 20.7. The Kier molecular flexibility index (Phi) is 42.2. The smallest absolute Gasteiger partial charge is 0.416 e. The minimum Gasteiger partial charge on any atom is -0.860 e. The maximum absolute atomic E-state index is 12.9. The van der Waals surface area contributed by atoms with Gasteiger partial charge in [0.2, 0.25) is 0 Å². The van der Waals surface area contributed by atoms with Crippen LogP contribution in [0.1, 0.15) is 262 Å². The molecule has 0 aliphatic heterocycles. The third kappa shape index (κ3) is 32.2. The minimum atomic E-state index is -5.05. The standard InChI is InChI=1S/2C44H58O2P.C8H3BF6O3/c2*1-2-3-4-5-6-7-8-9-10-11-12-13-14-15-16-26-37-46-44(45)40-35-33-39(34-36-40)38-47(41-27-20-17-21-28-41,42-29-22-18-23-30-42)43-31-24-19-25-32-43;10-7(11,12)4-1-5(8(13,14)15)3-6(2-4)18-9(16)17/h2*17-25,27-36H,2-16,26,37-38H2,1H3;1-3H/q2*+1;-2. The zero-order valence-corrected chi connectivity index (χ0v) is 68.0. The van der Waals surface area contributed by atoms with Crippen molar-refractivity contribution in [1.29, 1.82) is 0 Å². The molecule has 0 aliphatic rings. The first-order chi connectivity index (χ1) is 54.5. The molecule has 0 aromatic heterocycles. The molecular weight excluding hydrogens is 1450 g/mol. The van der Waals surface area contributed by atoms with E-state index in [4.69, 9.17) is 9.47 Å². The Morgan fingerprint density at radius 3 is 0.723 bits per heavy atom. The molecule has 0 N–H and O–H groups in total. The first-order valence-corrected chi connectivity index (χ1v) is 45.3. The number of halogens is 6. The Hall–Kier alpha value is -7.86. The zero-order chi connectivity index (χ0) is 79.8. The molecule has 0 aliphatic carbocycles. The Balaban J connectivity index is 0.000000255. The van der Waals surface area contributed by atoms with E-state index in [0.717, 1.165) is 38.0 Å². The minimum absolute atomic E-state index is 0.141. The summed E-state index contributed by atoms with van der Waals surface area (Å²) in [6.45, 7) is 5.58. The van der Waals surface area contributed by atoms with Crippen LogP contribution in [0.3, 0.4) is 0 Å². The summed E-state index contributed by atoms with van der Waals surface area (Å²) >= 11 is 0. The molecule has 9 rings (SSSR count). The molecule has 0 saturated heterocycles. The van der Waals surface area contributed by atoms with Crippen LogP contribution in [0.5, 0.6) is 5.75 Å². The summed E-state index contributed by atoms with van der Waals surface area (Å²) in [4.78, 5) is 25.7. The number of unbranched alkanes of at least 4 members (excludes halogenated alkanes) is 30. The van der Waals surface area contributed by atoms with E-state index in [2.05, 4.69) is 225 Å². The molecule has 0 atom stereocenters. The fourth-order valence-electron chi connectivity index (χ4n) is 14.5. The van der Waals surface area contributed by atoms with E-state index in [0.29, 0.717) is 24.3 Å². The Labute approximate surface area is 667 Å². The van der Waals surface area contributed by atoms with Gasteiger partial charge in [0.25, 0.3) is 0 Å². The van der Waals surface area contributed by atoms with Crippen LogP contribution in [0.4, 0.5) is 26.3 Å². The molecule has 0 amide bonds. The van der Waals surface area contributed by atoms with E-state index in [-0.39, 0.29) is 30.1 Å². The highest BCUT2D eigenvalue weighted by Gasteiger charge is 2.47. The number of hydrogen-bond acceptors (Lipinski definition) is 7. The van der Waals surface area contributed by atoms with Gasteiger partial charge in [0.15, 0.2) is 0 Å². The molecule has 0 fully saturated rings. The van der Waals surface area contributed by atoms with Crippen molar-refractivity contribution >= 4 is 65.6 Å². The molecule has 7 nitrogen and oxygen atoms in total. The summed E-state index contributed by atoms with van der Waals surface area (Å²) in [6, 6.07) is 82.1. The number of hydrogen-bond donors (Lipinski definition) is 0. The van der Waals surface area contributed by atoms with E-state index in [1.165, 1.54) is 223 Å². The summed E-state index contributed by atoms with van der Waals surface area (Å²) in [6.07, 6.45) is 34.5. The summed E-state index contributed by atoms with van der Waals surface area (Å²) in [7, 11) is -6.98. The van der Waals surface area contributed by atoms with Gasteiger partial charge in [-0.2, -0.15) is 26.3 Å². The van der Waals surface area contributed by atoms with E-state index in [1.807, 2.05) is 24.3 Å². The van der Waals surface area contributed by atoms with Crippen LogP contribution in [0.25, 0.3) is 0 Å². The van der Waals surface area contributed by atoms with Gasteiger partial charge < -0.3 is 24.2 Å². The lowest BCUT2D eigenvalue weighted by Gasteiger charge is -2.28. The predicted octanol–water partition coefficient (Wildman–Crippen LogP) is 24.0. The van der Waals surface area contributed by atoms with Gasteiger partial charge in [0, 0.05) is 0 Å². The topological polar surface area (TPSA) is 108 Å². The fourth-order valence-corrected chi connectivity index (χ4v) is 23.0. The molecular formula is C96H119BF6O7P2. The van der Waals surface area contributed by atoms with Crippen LogP contribution in [-0.2, 0) is 34.2 Å². The van der Waals surface area contributed by atoms with Gasteiger partial charge in [-0.3, -0.25) is 0 Å². The van der Waals surface area contributed by atoms with Crippen LogP contribution < -0.4 is 46.5 Å². The Morgan fingerprint density at radius 2 is 0.518 bits per heavy atom. The lowest BCUT2D eigenvalue weighted by atomic mass is 10.0. The number of ether oxygens (including phenoxy) is 2. The van der Waals surface area contributed by atoms with Gasteiger partial charge in [-0.25, -0.2) is 9.59 Å². The van der Waals surface area contributed by atoms with E-state index >= 15 is 0 Å². The van der Waals surface area contributed by atoms with Crippen LogP contribution in [0, 0.1) is 0 Å². The quantitative estimate of drug-likeness (QED) is 0.0123. The molecule has 0 heterocycles. The largest absolute Gasteiger partial charge is 0.860 e. The van der Waals surface area contributed by atoms with Crippen molar-refractivity contribution in [2.45, 2.75) is 244 Å². The lowest BCUT2D eigenvalue weighted by Crippen LogP contribution is -2.50.